The number of unbranched alkanes of at least 4 members (excludes halogenated alkanes) is 2. The number of nitrogens with one attached hydrogen (secondary N) is 1. The van der Waals surface area contributed by atoms with Crippen molar-refractivity contribution in [1.82, 2.24) is 5.32 Å². The van der Waals surface area contributed by atoms with Crippen LogP contribution in [-0.4, -0.2) is 18.9 Å². The Morgan fingerprint density at radius 3 is 2.86 bits per heavy atom. The molecular formula is C12H23NO. The molecule has 0 amide bonds. The van der Waals surface area contributed by atoms with Gasteiger partial charge in [0.1, 0.15) is 5.78 Å². The molecule has 1 saturated heterocycles. The third-order valence-electron chi connectivity index (χ3n) is 3.05. The van der Waals surface area contributed by atoms with Crippen molar-refractivity contribution < 1.29 is 4.79 Å². The Morgan fingerprint density at radius 1 is 1.36 bits per heavy atom. The molecule has 1 aliphatic heterocycles. The Labute approximate surface area is 87.5 Å². The van der Waals surface area contributed by atoms with Crippen LogP contribution in [0.25, 0.3) is 0 Å². The summed E-state index contributed by atoms with van der Waals surface area (Å²) >= 11 is 0. The number of rotatable bonds is 7. The van der Waals surface area contributed by atoms with E-state index in [9.17, 15) is 4.79 Å². The maximum Gasteiger partial charge on any atom is 0.132 e. The highest BCUT2D eigenvalue weighted by Crippen LogP contribution is 2.15. The molecule has 2 nitrogen and oxygen atoms in total. The van der Waals surface area contributed by atoms with Crippen molar-refractivity contribution in [3.05, 3.63) is 0 Å². The molecule has 1 unspecified atom stereocenters. The SMILES string of the molecule is CCCCCC(=O)CCC1CCNC1. The first kappa shape index (κ1) is 11.7. The molecule has 14 heavy (non-hydrogen) atoms. The number of ketones is 1. The van der Waals surface area contributed by atoms with Crippen molar-refractivity contribution in [3.8, 4) is 0 Å². The van der Waals surface area contributed by atoms with Crippen molar-refractivity contribution in [1.29, 1.82) is 0 Å². The van der Waals surface area contributed by atoms with Crippen LogP contribution < -0.4 is 5.32 Å². The minimum Gasteiger partial charge on any atom is -0.316 e. The van der Waals surface area contributed by atoms with Gasteiger partial charge in [-0.15, -0.1) is 0 Å². The van der Waals surface area contributed by atoms with Gasteiger partial charge in [-0.2, -0.15) is 0 Å². The number of Topliss-reactive ketones (excluding diaryl/α,β-unsaturated/α-hetero) is 1. The van der Waals surface area contributed by atoms with Gasteiger partial charge in [-0.1, -0.05) is 19.8 Å². The van der Waals surface area contributed by atoms with Gasteiger partial charge < -0.3 is 5.32 Å². The normalized spacial score (nSPS) is 21.4. The van der Waals surface area contributed by atoms with E-state index in [0.717, 1.165) is 44.7 Å². The summed E-state index contributed by atoms with van der Waals surface area (Å²) in [5.74, 6) is 1.25. The Morgan fingerprint density at radius 2 is 2.21 bits per heavy atom. The van der Waals surface area contributed by atoms with Gasteiger partial charge in [0.2, 0.25) is 0 Å². The molecule has 0 aromatic carbocycles. The topological polar surface area (TPSA) is 29.1 Å². The third-order valence-corrected chi connectivity index (χ3v) is 3.05. The molecule has 0 radical (unpaired) electrons. The Kier molecular flexibility index (Phi) is 5.85. The van der Waals surface area contributed by atoms with Crippen LogP contribution in [0.15, 0.2) is 0 Å². The van der Waals surface area contributed by atoms with E-state index in [-0.39, 0.29) is 0 Å². The van der Waals surface area contributed by atoms with Crippen LogP contribution >= 0.6 is 0 Å². The zero-order valence-corrected chi connectivity index (χ0v) is 9.35. The third kappa shape index (κ3) is 4.75. The molecule has 0 aromatic heterocycles. The van der Waals surface area contributed by atoms with Gasteiger partial charge >= 0.3 is 0 Å². The Bertz CT molecular complexity index is 162. The Balaban J connectivity index is 1.96. The van der Waals surface area contributed by atoms with Gasteiger partial charge in [0.25, 0.3) is 0 Å². The quantitative estimate of drug-likeness (QED) is 0.635. The van der Waals surface area contributed by atoms with Crippen LogP contribution in [0.1, 0.15) is 51.9 Å². The molecule has 1 N–H and O–H groups in total. The van der Waals surface area contributed by atoms with Crippen LogP contribution in [0.4, 0.5) is 0 Å². The van der Waals surface area contributed by atoms with Gasteiger partial charge in [-0.3, -0.25) is 4.79 Å². The number of carbonyl (C=O) groups excluding carboxylic acids is 1. The van der Waals surface area contributed by atoms with Gasteiger partial charge in [0.05, 0.1) is 0 Å². The fourth-order valence-electron chi connectivity index (χ4n) is 2.02. The highest BCUT2D eigenvalue weighted by molar-refractivity contribution is 5.78. The summed E-state index contributed by atoms with van der Waals surface area (Å²) in [6.07, 6.45) is 7.51. The second-order valence-corrected chi connectivity index (χ2v) is 4.39. The van der Waals surface area contributed by atoms with Crippen molar-refractivity contribution >= 4 is 5.78 Å². The van der Waals surface area contributed by atoms with E-state index < -0.39 is 0 Å². The highest BCUT2D eigenvalue weighted by atomic mass is 16.1. The van der Waals surface area contributed by atoms with Crippen molar-refractivity contribution in [2.75, 3.05) is 13.1 Å². The van der Waals surface area contributed by atoms with Crippen LogP contribution in [0.2, 0.25) is 0 Å². The monoisotopic (exact) mass is 197 g/mol. The summed E-state index contributed by atoms with van der Waals surface area (Å²) in [4.78, 5) is 11.5. The molecule has 1 heterocycles. The molecule has 1 aliphatic rings. The molecule has 0 saturated carbocycles. The minimum atomic E-state index is 0.477. The standard InChI is InChI=1S/C12H23NO/c1-2-3-4-5-12(14)7-6-11-8-9-13-10-11/h11,13H,2-10H2,1H3. The summed E-state index contributed by atoms with van der Waals surface area (Å²) in [7, 11) is 0. The van der Waals surface area contributed by atoms with E-state index >= 15 is 0 Å². The van der Waals surface area contributed by atoms with E-state index in [0.29, 0.717) is 5.78 Å². The first-order valence-electron chi connectivity index (χ1n) is 6.05. The molecule has 0 spiro atoms. The lowest BCUT2D eigenvalue weighted by molar-refractivity contribution is -0.119. The van der Waals surface area contributed by atoms with E-state index in [1.807, 2.05) is 0 Å². The maximum absolute atomic E-state index is 11.5. The lowest BCUT2D eigenvalue weighted by Crippen LogP contribution is -2.10. The highest BCUT2D eigenvalue weighted by Gasteiger charge is 2.15. The maximum atomic E-state index is 11.5. The molecule has 1 rings (SSSR count). The van der Waals surface area contributed by atoms with E-state index in [4.69, 9.17) is 0 Å². The summed E-state index contributed by atoms with van der Waals surface area (Å²) < 4.78 is 0. The zero-order chi connectivity index (χ0) is 10.2. The molecule has 1 atom stereocenters. The van der Waals surface area contributed by atoms with Crippen LogP contribution in [0, 0.1) is 5.92 Å². The largest absolute Gasteiger partial charge is 0.316 e. The fraction of sp³-hybridized carbons (Fsp3) is 0.917. The van der Waals surface area contributed by atoms with Crippen LogP contribution in [0.3, 0.4) is 0 Å². The van der Waals surface area contributed by atoms with Crippen molar-refractivity contribution in [2.45, 2.75) is 51.9 Å². The average molecular weight is 197 g/mol. The lowest BCUT2D eigenvalue weighted by Gasteiger charge is -2.06. The minimum absolute atomic E-state index is 0.477. The zero-order valence-electron chi connectivity index (χ0n) is 9.35. The van der Waals surface area contributed by atoms with Crippen LogP contribution in [-0.2, 0) is 4.79 Å². The smallest absolute Gasteiger partial charge is 0.132 e. The summed E-state index contributed by atoms with van der Waals surface area (Å²) in [5, 5.41) is 3.34. The first-order valence-corrected chi connectivity index (χ1v) is 6.05. The van der Waals surface area contributed by atoms with Gasteiger partial charge in [0.15, 0.2) is 0 Å². The first-order chi connectivity index (χ1) is 6.83. The number of hydrogen-bond donors (Lipinski definition) is 1. The van der Waals surface area contributed by atoms with Crippen molar-refractivity contribution in [2.24, 2.45) is 5.92 Å². The second kappa shape index (κ2) is 6.99. The fourth-order valence-corrected chi connectivity index (χ4v) is 2.02. The van der Waals surface area contributed by atoms with E-state index in [2.05, 4.69) is 12.2 Å². The lowest BCUT2D eigenvalue weighted by atomic mass is 9.99. The predicted molar refractivity (Wildman–Crippen MR) is 59.4 cm³/mol. The summed E-state index contributed by atoms with van der Waals surface area (Å²) in [6, 6.07) is 0. The van der Waals surface area contributed by atoms with Crippen LogP contribution in [0.5, 0.6) is 0 Å². The molecule has 0 aliphatic carbocycles. The van der Waals surface area contributed by atoms with E-state index in [1.165, 1.54) is 19.3 Å². The molecule has 0 bridgehead atoms. The molecule has 1 fully saturated rings. The van der Waals surface area contributed by atoms with Gasteiger partial charge in [-0.05, 0) is 38.3 Å². The number of hydrogen-bond acceptors (Lipinski definition) is 2. The predicted octanol–water partition coefficient (Wildman–Crippen LogP) is 2.53. The molecular weight excluding hydrogens is 174 g/mol. The van der Waals surface area contributed by atoms with Gasteiger partial charge in [-0.25, -0.2) is 0 Å². The second-order valence-electron chi connectivity index (χ2n) is 4.39. The number of carbonyl (C=O) groups is 1. The van der Waals surface area contributed by atoms with E-state index in [1.54, 1.807) is 0 Å². The Hall–Kier alpha value is -0.370. The summed E-state index contributed by atoms with van der Waals surface area (Å²) in [5.41, 5.74) is 0. The van der Waals surface area contributed by atoms with Gasteiger partial charge in [0, 0.05) is 12.8 Å². The molecule has 82 valence electrons. The average Bonchev–Trinajstić information content (AvgIpc) is 2.68. The molecule has 0 aromatic rings. The van der Waals surface area contributed by atoms with Crippen molar-refractivity contribution in [3.63, 3.8) is 0 Å². The summed E-state index contributed by atoms with van der Waals surface area (Å²) in [6.45, 7) is 4.45. The molecule has 2 heteroatoms.